The van der Waals surface area contributed by atoms with Gasteiger partial charge >= 0.3 is 5.97 Å². The molecule has 4 rings (SSSR count). The molecule has 3 aromatic carbocycles. The van der Waals surface area contributed by atoms with Crippen LogP contribution in [0.3, 0.4) is 0 Å². The van der Waals surface area contributed by atoms with E-state index in [1.54, 1.807) is 6.92 Å². The van der Waals surface area contributed by atoms with E-state index in [0.717, 1.165) is 53.7 Å². The van der Waals surface area contributed by atoms with E-state index in [4.69, 9.17) is 18.9 Å². The van der Waals surface area contributed by atoms with Gasteiger partial charge in [0.05, 0.1) is 0 Å². The molecule has 3 aromatic rings. The van der Waals surface area contributed by atoms with Crippen LogP contribution in [-0.2, 0) is 22.4 Å². The number of carbonyl (C=O) groups excluding carboxylic acids is 1. The van der Waals surface area contributed by atoms with Gasteiger partial charge in [-0.1, -0.05) is 49.0 Å². The van der Waals surface area contributed by atoms with Gasteiger partial charge in [-0.25, -0.2) is 4.79 Å². The highest BCUT2D eigenvalue weighted by Crippen LogP contribution is 2.44. The maximum Gasteiger partial charge on any atom is 0.333 e. The largest absolute Gasteiger partial charge is 0.490 e. The Kier molecular flexibility index (Phi) is 7.51. The zero-order chi connectivity index (χ0) is 23.0. The molecule has 0 amide bonds. The molecule has 0 aromatic heterocycles. The Labute approximate surface area is 194 Å². The van der Waals surface area contributed by atoms with E-state index in [0.29, 0.717) is 25.4 Å². The van der Waals surface area contributed by atoms with Crippen molar-refractivity contribution in [2.75, 3.05) is 26.4 Å². The molecule has 5 nitrogen and oxygen atoms in total. The molecule has 0 fully saturated rings. The van der Waals surface area contributed by atoms with Crippen LogP contribution in [0.1, 0.15) is 30.9 Å². The monoisotopic (exact) mass is 446 g/mol. The summed E-state index contributed by atoms with van der Waals surface area (Å²) in [5.41, 5.74) is 2.80. The van der Waals surface area contributed by atoms with Gasteiger partial charge in [-0.3, -0.25) is 0 Å². The number of carbonyl (C=O) groups is 1. The standard InChI is InChI=1S/C28H30O5/c1-20(2)28(29)33-19-18-32-27-24-14-8-6-12-22(24)26(23-13-7-9-15-25(23)27)31-17-16-30-21-10-4-3-5-11-21/h3-6,8,10-12,14H,1,7,9,13,15-19H2,2H3. The van der Waals surface area contributed by atoms with Gasteiger partial charge in [-0.2, -0.15) is 0 Å². The van der Waals surface area contributed by atoms with Crippen molar-refractivity contribution >= 4 is 16.7 Å². The summed E-state index contributed by atoms with van der Waals surface area (Å²) in [4.78, 5) is 11.7. The summed E-state index contributed by atoms with van der Waals surface area (Å²) in [5, 5.41) is 2.05. The molecule has 0 aliphatic heterocycles. The normalized spacial score (nSPS) is 12.6. The number of hydrogen-bond donors (Lipinski definition) is 0. The van der Waals surface area contributed by atoms with Crippen molar-refractivity contribution in [2.45, 2.75) is 32.6 Å². The van der Waals surface area contributed by atoms with Crippen molar-refractivity contribution < 1.29 is 23.7 Å². The molecule has 33 heavy (non-hydrogen) atoms. The van der Waals surface area contributed by atoms with E-state index in [-0.39, 0.29) is 6.61 Å². The van der Waals surface area contributed by atoms with Crippen LogP contribution in [0.4, 0.5) is 0 Å². The average Bonchev–Trinajstić information content (AvgIpc) is 2.85. The van der Waals surface area contributed by atoms with Crippen molar-refractivity contribution in [3.63, 3.8) is 0 Å². The second-order valence-electron chi connectivity index (χ2n) is 8.14. The third-order valence-electron chi connectivity index (χ3n) is 5.69. The van der Waals surface area contributed by atoms with Gasteiger partial charge in [0.25, 0.3) is 0 Å². The Morgan fingerprint density at radius 2 is 1.27 bits per heavy atom. The SMILES string of the molecule is C=C(C)C(=O)OCCOc1c2c(c(OCCOc3ccccc3)c3ccccc13)CCCC2. The molecule has 0 atom stereocenters. The quantitative estimate of drug-likeness (QED) is 0.228. The Balaban J connectivity index is 1.53. The lowest BCUT2D eigenvalue weighted by Gasteiger charge is -2.25. The Bertz CT molecular complexity index is 1120. The summed E-state index contributed by atoms with van der Waals surface area (Å²) in [6, 6.07) is 17.9. The van der Waals surface area contributed by atoms with Gasteiger partial charge in [0.15, 0.2) is 0 Å². The summed E-state index contributed by atoms with van der Waals surface area (Å²) in [5.74, 6) is 2.24. The van der Waals surface area contributed by atoms with Crippen LogP contribution in [0.15, 0.2) is 66.7 Å². The van der Waals surface area contributed by atoms with Gasteiger partial charge in [0.2, 0.25) is 0 Å². The summed E-state index contributed by atoms with van der Waals surface area (Å²) in [6.45, 7) is 6.65. The molecule has 0 heterocycles. The minimum absolute atomic E-state index is 0.184. The minimum atomic E-state index is -0.396. The lowest BCUT2D eigenvalue weighted by Crippen LogP contribution is -2.16. The van der Waals surface area contributed by atoms with Crippen LogP contribution in [0.2, 0.25) is 0 Å². The lowest BCUT2D eigenvalue weighted by molar-refractivity contribution is -0.139. The molecule has 5 heteroatoms. The molecule has 0 saturated carbocycles. The van der Waals surface area contributed by atoms with Crippen molar-refractivity contribution in [1.29, 1.82) is 0 Å². The molecule has 1 aliphatic carbocycles. The smallest absolute Gasteiger partial charge is 0.333 e. The fourth-order valence-corrected chi connectivity index (χ4v) is 4.16. The van der Waals surface area contributed by atoms with Crippen LogP contribution >= 0.6 is 0 Å². The third-order valence-corrected chi connectivity index (χ3v) is 5.69. The highest BCUT2D eigenvalue weighted by molar-refractivity contribution is 5.96. The summed E-state index contributed by atoms with van der Waals surface area (Å²) >= 11 is 0. The van der Waals surface area contributed by atoms with Crippen LogP contribution < -0.4 is 14.2 Å². The molecule has 0 saturated heterocycles. The predicted octanol–water partition coefficient (Wildman–Crippen LogP) is 5.67. The number of ether oxygens (including phenoxy) is 4. The molecule has 0 N–H and O–H groups in total. The molecule has 172 valence electrons. The average molecular weight is 447 g/mol. The van der Waals surface area contributed by atoms with Gasteiger partial charge in [-0.15, -0.1) is 0 Å². The highest BCUT2D eigenvalue weighted by Gasteiger charge is 2.23. The number of benzene rings is 3. The van der Waals surface area contributed by atoms with E-state index < -0.39 is 5.97 Å². The van der Waals surface area contributed by atoms with E-state index in [9.17, 15) is 4.79 Å². The number of fused-ring (bicyclic) bond motifs is 2. The van der Waals surface area contributed by atoms with Crippen molar-refractivity contribution in [3.8, 4) is 17.2 Å². The minimum Gasteiger partial charge on any atom is -0.490 e. The van der Waals surface area contributed by atoms with E-state index in [1.165, 1.54) is 11.1 Å². The molecule has 1 aliphatic rings. The predicted molar refractivity (Wildman–Crippen MR) is 129 cm³/mol. The Morgan fingerprint density at radius 3 is 1.85 bits per heavy atom. The number of rotatable bonds is 10. The second-order valence-corrected chi connectivity index (χ2v) is 8.14. The van der Waals surface area contributed by atoms with Gasteiger partial charge in [0, 0.05) is 27.5 Å². The summed E-state index contributed by atoms with van der Waals surface area (Å²) in [7, 11) is 0. The Hall–Kier alpha value is -3.47. The van der Waals surface area contributed by atoms with E-state index >= 15 is 0 Å². The Morgan fingerprint density at radius 1 is 0.758 bits per heavy atom. The van der Waals surface area contributed by atoms with Crippen molar-refractivity contribution in [3.05, 3.63) is 77.9 Å². The van der Waals surface area contributed by atoms with Crippen LogP contribution in [0.5, 0.6) is 17.2 Å². The number of esters is 1. The maximum absolute atomic E-state index is 11.7. The zero-order valence-corrected chi connectivity index (χ0v) is 19.1. The van der Waals surface area contributed by atoms with Crippen molar-refractivity contribution in [2.24, 2.45) is 0 Å². The first-order valence-corrected chi connectivity index (χ1v) is 11.5. The summed E-state index contributed by atoms with van der Waals surface area (Å²) in [6.07, 6.45) is 4.13. The fourth-order valence-electron chi connectivity index (χ4n) is 4.16. The first kappa shape index (κ1) is 22.7. The first-order chi connectivity index (χ1) is 16.1. The van der Waals surface area contributed by atoms with Crippen molar-refractivity contribution in [1.82, 2.24) is 0 Å². The second kappa shape index (κ2) is 10.9. The van der Waals surface area contributed by atoms with Crippen LogP contribution in [-0.4, -0.2) is 32.4 Å². The number of para-hydroxylation sites is 1. The van der Waals surface area contributed by atoms with Crippen LogP contribution in [0, 0.1) is 0 Å². The number of hydrogen-bond acceptors (Lipinski definition) is 5. The van der Waals surface area contributed by atoms with E-state index in [2.05, 4.69) is 18.7 Å². The molecule has 0 unspecified atom stereocenters. The van der Waals surface area contributed by atoms with Crippen LogP contribution in [0.25, 0.3) is 10.8 Å². The third kappa shape index (κ3) is 5.48. The first-order valence-electron chi connectivity index (χ1n) is 11.5. The molecular weight excluding hydrogens is 416 g/mol. The van der Waals surface area contributed by atoms with Gasteiger partial charge in [-0.05, 0) is 44.7 Å². The maximum atomic E-state index is 11.7. The zero-order valence-electron chi connectivity index (χ0n) is 19.1. The topological polar surface area (TPSA) is 54.0 Å². The summed E-state index contributed by atoms with van der Waals surface area (Å²) < 4.78 is 23.5. The molecule has 0 radical (unpaired) electrons. The highest BCUT2D eigenvalue weighted by atomic mass is 16.6. The fraction of sp³-hybridized carbons (Fsp3) is 0.321. The van der Waals surface area contributed by atoms with Gasteiger partial charge < -0.3 is 18.9 Å². The van der Waals surface area contributed by atoms with E-state index in [1.807, 2.05) is 42.5 Å². The molecule has 0 spiro atoms. The van der Waals surface area contributed by atoms with Gasteiger partial charge in [0.1, 0.15) is 43.7 Å². The lowest BCUT2D eigenvalue weighted by atomic mass is 9.87. The molecular formula is C28H30O5. The molecule has 0 bridgehead atoms.